The van der Waals surface area contributed by atoms with E-state index >= 15 is 0 Å². The van der Waals surface area contributed by atoms with Crippen LogP contribution in [0.4, 0.5) is 35.9 Å². The summed E-state index contributed by atoms with van der Waals surface area (Å²) in [5.74, 6) is -9.52. The number of aliphatic carboxylic acids is 1. The second-order valence-electron chi connectivity index (χ2n) is 22.3. The Bertz CT molecular complexity index is 3910. The number of benzene rings is 5. The fourth-order valence-electron chi connectivity index (χ4n) is 11.3. The van der Waals surface area contributed by atoms with E-state index in [1.165, 1.54) is 36.3 Å². The fraction of sp³-hybridized carbons (Fsp3) is 0.344. The van der Waals surface area contributed by atoms with Gasteiger partial charge in [-0.1, -0.05) is 54.6 Å². The van der Waals surface area contributed by atoms with E-state index in [0.29, 0.717) is 52.4 Å². The summed E-state index contributed by atoms with van der Waals surface area (Å²) in [5.41, 5.74) is 4.18. The van der Waals surface area contributed by atoms with Crippen molar-refractivity contribution in [3.05, 3.63) is 125 Å². The third-order valence-corrected chi connectivity index (χ3v) is 16.2. The summed E-state index contributed by atoms with van der Waals surface area (Å²) in [6.45, 7) is -2.15. The van der Waals surface area contributed by atoms with Crippen molar-refractivity contribution in [2.75, 3.05) is 80.7 Å². The minimum Gasteiger partial charge on any atom is -0.507 e. The molecule has 0 bridgehead atoms. The third kappa shape index (κ3) is 16.5. The number of methoxy groups -OCH3 is 1. The molecule has 95 heavy (non-hydrogen) atoms. The number of aliphatic imine (C=N–C) groups is 1. The zero-order chi connectivity index (χ0) is 68.3. The topological polar surface area (TPSA) is 362 Å². The monoisotopic (exact) mass is 1340 g/mol. The lowest BCUT2D eigenvalue weighted by molar-refractivity contribution is -0.217. The summed E-state index contributed by atoms with van der Waals surface area (Å²) in [6.07, 6.45) is -3.89. The number of anilines is 3. The standard InChI is InChI=1S/C64H65ClF3N11O16/c1-34-9-8-12-40-47(80)24-45-58(57(34)40)37(25-65)32-77(45)53(84)13-6-7-18-94-49-23-42-41(22-48(49)93-2)63(92)78-39(26-70-42)20-36-14-15-38(21-44(36)78)75-62(91)59(64(66,67)68)95-33-74-51(82)29-72-60(89)43(19-35-10-4-3-5-11-35)76-52(83)30-71-50(81)28-73-61(90)46(27-69-31-56(87)88)79-54(85)16-17-55(79)86/h3-5,8-12,14-17,21-24,26,37,39,43,46,59,69,80H,6-7,13,18-20,25,27-33H2,1-2H3,(H,71,81)(H,72,89)(H,73,90)(H,74,82)(H,75,91)(H,76,83)(H,87,88)/t37?,39-,43-,46?,59?/m0/s1. The zero-order valence-corrected chi connectivity index (χ0v) is 51.8. The molecule has 5 aromatic carbocycles. The Labute approximate surface area is 544 Å². The number of rotatable bonds is 29. The molecule has 5 aromatic rings. The van der Waals surface area contributed by atoms with Crippen LogP contribution in [-0.4, -0.2) is 182 Å². The Morgan fingerprint density at radius 3 is 2.21 bits per heavy atom. The lowest BCUT2D eigenvalue weighted by Crippen LogP contribution is -2.56. The molecule has 0 fully saturated rings. The summed E-state index contributed by atoms with van der Waals surface area (Å²) >= 11 is 6.42. The van der Waals surface area contributed by atoms with Crippen molar-refractivity contribution in [2.24, 2.45) is 4.99 Å². The molecular formula is C64H65ClF3N11O16. The first-order valence-electron chi connectivity index (χ1n) is 29.8. The maximum absolute atomic E-state index is 14.4. The van der Waals surface area contributed by atoms with Crippen molar-refractivity contribution in [2.45, 2.75) is 75.4 Å². The molecule has 0 saturated heterocycles. The quantitative estimate of drug-likeness (QED) is 0.0144. The van der Waals surface area contributed by atoms with Gasteiger partial charge in [-0.15, -0.1) is 11.6 Å². The van der Waals surface area contributed by atoms with Gasteiger partial charge < -0.3 is 66.5 Å². The van der Waals surface area contributed by atoms with Crippen molar-refractivity contribution in [3.63, 3.8) is 0 Å². The van der Waals surface area contributed by atoms with Crippen LogP contribution >= 0.6 is 11.6 Å². The zero-order valence-electron chi connectivity index (χ0n) is 51.0. The number of amides is 10. The van der Waals surface area contributed by atoms with Crippen molar-refractivity contribution >= 4 is 116 Å². The second kappa shape index (κ2) is 30.5. The molecular weight excluding hydrogens is 1270 g/mol. The number of fused-ring (bicyclic) bond motifs is 7. The molecule has 4 aliphatic heterocycles. The first-order chi connectivity index (χ1) is 45.4. The first-order valence-corrected chi connectivity index (χ1v) is 30.3. The fourth-order valence-corrected chi connectivity index (χ4v) is 11.6. The molecule has 500 valence electrons. The number of phenols is 1. The number of hydrogen-bond donors (Lipinski definition) is 9. The first kappa shape index (κ1) is 68.9. The highest BCUT2D eigenvalue weighted by atomic mass is 35.5. The van der Waals surface area contributed by atoms with Crippen LogP contribution in [0.2, 0.25) is 0 Å². The average molecular weight is 1340 g/mol. The van der Waals surface area contributed by atoms with E-state index < -0.39 is 129 Å². The molecule has 0 radical (unpaired) electrons. The summed E-state index contributed by atoms with van der Waals surface area (Å²) in [4.78, 5) is 150. The maximum Gasteiger partial charge on any atom is 0.423 e. The van der Waals surface area contributed by atoms with Gasteiger partial charge in [-0.3, -0.25) is 67.5 Å². The van der Waals surface area contributed by atoms with Crippen LogP contribution in [0.3, 0.4) is 0 Å². The molecule has 0 aromatic heterocycles. The van der Waals surface area contributed by atoms with Crippen molar-refractivity contribution < 1.29 is 90.3 Å². The lowest BCUT2D eigenvalue weighted by Gasteiger charge is -2.25. The van der Waals surface area contributed by atoms with Crippen LogP contribution in [0.25, 0.3) is 10.8 Å². The molecule has 0 saturated carbocycles. The highest BCUT2D eigenvalue weighted by Gasteiger charge is 2.47. The Hall–Kier alpha value is -10.5. The van der Waals surface area contributed by atoms with Crippen LogP contribution in [0.1, 0.15) is 57.8 Å². The van der Waals surface area contributed by atoms with Gasteiger partial charge in [0, 0.05) is 85.7 Å². The largest absolute Gasteiger partial charge is 0.507 e. The predicted molar refractivity (Wildman–Crippen MR) is 336 cm³/mol. The minimum absolute atomic E-state index is 0.0772. The number of carboxylic acid groups (broad SMARTS) is 1. The van der Waals surface area contributed by atoms with E-state index in [1.807, 2.05) is 30.4 Å². The Morgan fingerprint density at radius 2 is 1.51 bits per heavy atom. The minimum atomic E-state index is -5.32. The van der Waals surface area contributed by atoms with E-state index in [9.17, 15) is 71.0 Å². The van der Waals surface area contributed by atoms with Gasteiger partial charge in [0.05, 0.1) is 68.6 Å². The van der Waals surface area contributed by atoms with Crippen LogP contribution in [-0.2, 0) is 65.5 Å². The molecule has 9 N–H and O–H groups in total. The Kier molecular flexibility index (Phi) is 22.1. The number of aryl methyl sites for hydroxylation is 1. The number of hydrogen-bond acceptors (Lipinski definition) is 17. The van der Waals surface area contributed by atoms with Gasteiger partial charge in [0.25, 0.3) is 23.6 Å². The number of imide groups is 1. The Morgan fingerprint density at radius 1 is 0.789 bits per heavy atom. The number of ether oxygens (including phenoxy) is 3. The lowest BCUT2D eigenvalue weighted by atomic mass is 9.92. The van der Waals surface area contributed by atoms with Gasteiger partial charge in [0.1, 0.15) is 24.6 Å². The number of halogens is 4. The molecule has 10 amide bonds. The SMILES string of the molecule is COc1cc2c(cc1OCCCCC(=O)N1CC(CCl)c3c1cc(O)c1cccc(C)c31)N=C[C@@H]1Cc3ccc(NC(=O)C(OCNC(=O)CNC(=O)[C@H](Cc4ccccc4)NC(=O)CNC(=O)CNC(=O)C(CNCC(=O)O)N4C(=O)C=CC4=O)C(F)(F)F)cc3N1C2=O. The van der Waals surface area contributed by atoms with Crippen LogP contribution in [0.15, 0.2) is 102 Å². The average Bonchev–Trinajstić information content (AvgIpc) is 1.65. The maximum atomic E-state index is 14.4. The van der Waals surface area contributed by atoms with E-state index in [-0.39, 0.29) is 77.6 Å². The normalized spacial score (nSPS) is 16.2. The van der Waals surface area contributed by atoms with Crippen LogP contribution in [0, 0.1) is 6.92 Å². The summed E-state index contributed by atoms with van der Waals surface area (Å²) in [7, 11) is 1.39. The number of alkyl halides is 4. The molecule has 4 aliphatic rings. The Balaban J connectivity index is 0.742. The highest BCUT2D eigenvalue weighted by molar-refractivity contribution is 6.19. The molecule has 5 atom stereocenters. The molecule has 0 spiro atoms. The molecule has 4 heterocycles. The van der Waals surface area contributed by atoms with Gasteiger partial charge in [-0.05, 0) is 65.6 Å². The molecule has 3 unspecified atom stereocenters. The number of nitrogens with zero attached hydrogens (tertiary/aromatic N) is 4. The predicted octanol–water partition coefficient (Wildman–Crippen LogP) is 3.07. The molecule has 27 nitrogen and oxygen atoms in total. The number of unbranched alkanes of at least 4 members (excludes halogenated alkanes) is 1. The number of carbonyl (C=O) groups is 11. The summed E-state index contributed by atoms with van der Waals surface area (Å²) < 4.78 is 59.9. The number of phenolic OH excluding ortho intramolecular Hbond substituents is 1. The number of nitrogens with one attached hydrogen (secondary N) is 7. The van der Waals surface area contributed by atoms with Crippen molar-refractivity contribution in [1.82, 2.24) is 36.8 Å². The third-order valence-electron chi connectivity index (χ3n) is 15.8. The molecule has 31 heteroatoms. The molecule has 9 rings (SSSR count). The van der Waals surface area contributed by atoms with Crippen LogP contribution < -0.4 is 56.5 Å². The highest BCUT2D eigenvalue weighted by Crippen LogP contribution is 2.47. The van der Waals surface area contributed by atoms with E-state index in [2.05, 4.69) is 36.9 Å². The van der Waals surface area contributed by atoms with Gasteiger partial charge >= 0.3 is 12.1 Å². The van der Waals surface area contributed by atoms with Gasteiger partial charge in [-0.2, -0.15) is 13.2 Å². The van der Waals surface area contributed by atoms with E-state index in [1.54, 1.807) is 53.6 Å². The van der Waals surface area contributed by atoms with Gasteiger partial charge in [-0.25, -0.2) is 0 Å². The summed E-state index contributed by atoms with van der Waals surface area (Å²) in [5, 5.41) is 37.2. The second-order valence-corrected chi connectivity index (χ2v) is 22.6. The van der Waals surface area contributed by atoms with Crippen molar-refractivity contribution in [1.29, 1.82) is 0 Å². The van der Waals surface area contributed by atoms with E-state index in [4.69, 9.17) is 30.9 Å². The van der Waals surface area contributed by atoms with E-state index in [0.717, 1.165) is 28.7 Å². The number of carbonyl (C=O) groups excluding carboxylic acids is 10. The van der Waals surface area contributed by atoms with Gasteiger partial charge in [0.15, 0.2) is 11.5 Å². The number of aromatic hydroxyl groups is 1. The van der Waals surface area contributed by atoms with Crippen molar-refractivity contribution in [3.8, 4) is 17.2 Å². The molecule has 0 aliphatic carbocycles. The van der Waals surface area contributed by atoms with Gasteiger partial charge in [0.2, 0.25) is 41.5 Å². The number of carboxylic acids is 1. The smallest absolute Gasteiger partial charge is 0.423 e. The van der Waals surface area contributed by atoms with Crippen LogP contribution in [0.5, 0.6) is 17.2 Å². The summed E-state index contributed by atoms with van der Waals surface area (Å²) in [6, 6.07) is 19.1.